The number of carbonyl (C=O) groups excluding carboxylic acids is 1. The number of amides is 1. The highest BCUT2D eigenvalue weighted by atomic mass is 16.5. The average molecular weight is 319 g/mol. The van der Waals surface area contributed by atoms with Gasteiger partial charge >= 0.3 is 0 Å². The Labute approximate surface area is 137 Å². The second-order valence-electron chi connectivity index (χ2n) is 6.26. The monoisotopic (exact) mass is 319 g/mol. The molecule has 1 aromatic rings. The highest BCUT2D eigenvalue weighted by molar-refractivity contribution is 5.78. The van der Waals surface area contributed by atoms with E-state index in [1.54, 1.807) is 19.5 Å². The molecule has 2 fully saturated rings. The maximum atomic E-state index is 12.4. The first kappa shape index (κ1) is 16.2. The number of likely N-dealkylation sites (tertiary alicyclic amines) is 2. The Kier molecular flexibility index (Phi) is 5.46. The Hall–Kier alpha value is -1.66. The summed E-state index contributed by atoms with van der Waals surface area (Å²) >= 11 is 0. The van der Waals surface area contributed by atoms with Crippen LogP contribution in [0.5, 0.6) is 5.75 Å². The van der Waals surface area contributed by atoms with Crippen molar-refractivity contribution in [2.24, 2.45) is 0 Å². The first-order valence-electron chi connectivity index (χ1n) is 8.33. The fourth-order valence-corrected chi connectivity index (χ4v) is 3.34. The summed E-state index contributed by atoms with van der Waals surface area (Å²) in [5, 5.41) is 0. The van der Waals surface area contributed by atoms with Crippen LogP contribution >= 0.6 is 0 Å². The van der Waals surface area contributed by atoms with Gasteiger partial charge in [0.25, 0.3) is 0 Å². The van der Waals surface area contributed by atoms with Crippen molar-refractivity contribution in [3.8, 4) is 5.75 Å². The fourth-order valence-electron chi connectivity index (χ4n) is 3.34. The number of nitrogens with zero attached hydrogens (tertiary/aromatic N) is 3. The van der Waals surface area contributed by atoms with Crippen LogP contribution in [-0.2, 0) is 9.53 Å². The van der Waals surface area contributed by atoms with Crippen LogP contribution in [0.15, 0.2) is 24.5 Å². The largest absolute Gasteiger partial charge is 0.490 e. The summed E-state index contributed by atoms with van der Waals surface area (Å²) in [5.41, 5.74) is 0. The second-order valence-corrected chi connectivity index (χ2v) is 6.26. The molecule has 2 aliphatic rings. The lowest BCUT2D eigenvalue weighted by Gasteiger charge is -2.26. The standard InChI is InChI=1S/C17H25N3O3/c1-22-16-9-14(13-23-15-5-4-6-18-10-15)20(11-16)12-17(21)19-7-2-3-8-19/h4-6,10,14,16H,2-3,7-9,11-13H2,1H3/t14-,16+/m0/s1. The molecule has 2 saturated heterocycles. The molecule has 0 aliphatic carbocycles. The highest BCUT2D eigenvalue weighted by Gasteiger charge is 2.34. The molecule has 0 aromatic carbocycles. The highest BCUT2D eigenvalue weighted by Crippen LogP contribution is 2.22. The number of pyridine rings is 1. The molecule has 2 atom stereocenters. The second kappa shape index (κ2) is 7.75. The molecular formula is C17H25N3O3. The summed E-state index contributed by atoms with van der Waals surface area (Å²) in [7, 11) is 1.73. The van der Waals surface area contributed by atoms with Crippen LogP contribution in [0, 0.1) is 0 Å². The van der Waals surface area contributed by atoms with Crippen molar-refractivity contribution in [1.82, 2.24) is 14.8 Å². The first-order chi connectivity index (χ1) is 11.3. The van der Waals surface area contributed by atoms with Crippen molar-refractivity contribution in [1.29, 1.82) is 0 Å². The van der Waals surface area contributed by atoms with Crippen LogP contribution < -0.4 is 4.74 Å². The van der Waals surface area contributed by atoms with Gasteiger partial charge in [-0.3, -0.25) is 14.7 Å². The Morgan fingerprint density at radius 2 is 2.22 bits per heavy atom. The minimum Gasteiger partial charge on any atom is -0.490 e. The molecular weight excluding hydrogens is 294 g/mol. The van der Waals surface area contributed by atoms with E-state index in [0.29, 0.717) is 13.2 Å². The number of hydrogen-bond acceptors (Lipinski definition) is 5. The number of carbonyl (C=O) groups is 1. The van der Waals surface area contributed by atoms with E-state index >= 15 is 0 Å². The normalized spacial score (nSPS) is 25.0. The zero-order valence-corrected chi connectivity index (χ0v) is 13.7. The molecule has 1 amide bonds. The molecule has 0 radical (unpaired) electrons. The molecule has 0 N–H and O–H groups in total. The topological polar surface area (TPSA) is 54.9 Å². The first-order valence-corrected chi connectivity index (χ1v) is 8.33. The number of hydrogen-bond donors (Lipinski definition) is 0. The maximum absolute atomic E-state index is 12.4. The third kappa shape index (κ3) is 4.20. The van der Waals surface area contributed by atoms with Gasteiger partial charge in [0.15, 0.2) is 0 Å². The van der Waals surface area contributed by atoms with E-state index in [0.717, 1.165) is 44.6 Å². The van der Waals surface area contributed by atoms with Crippen molar-refractivity contribution >= 4 is 5.91 Å². The summed E-state index contributed by atoms with van der Waals surface area (Å²) in [4.78, 5) is 20.6. The number of rotatable bonds is 6. The van der Waals surface area contributed by atoms with Crippen LogP contribution in [-0.4, -0.2) is 72.7 Å². The van der Waals surface area contributed by atoms with Gasteiger partial charge in [0, 0.05) is 39.0 Å². The van der Waals surface area contributed by atoms with Crippen LogP contribution in [0.3, 0.4) is 0 Å². The van der Waals surface area contributed by atoms with E-state index in [9.17, 15) is 4.79 Å². The zero-order valence-electron chi connectivity index (χ0n) is 13.7. The van der Waals surface area contributed by atoms with Crippen LogP contribution in [0.1, 0.15) is 19.3 Å². The Morgan fingerprint density at radius 1 is 1.39 bits per heavy atom. The lowest BCUT2D eigenvalue weighted by atomic mass is 10.2. The van der Waals surface area contributed by atoms with Crippen molar-refractivity contribution in [3.05, 3.63) is 24.5 Å². The van der Waals surface area contributed by atoms with E-state index in [-0.39, 0.29) is 18.1 Å². The van der Waals surface area contributed by atoms with E-state index in [1.807, 2.05) is 17.0 Å². The van der Waals surface area contributed by atoms with Crippen LogP contribution in [0.2, 0.25) is 0 Å². The molecule has 0 unspecified atom stereocenters. The zero-order chi connectivity index (χ0) is 16.1. The minimum atomic E-state index is 0.170. The molecule has 3 heterocycles. The van der Waals surface area contributed by atoms with E-state index in [2.05, 4.69) is 9.88 Å². The fraction of sp³-hybridized carbons (Fsp3) is 0.647. The summed E-state index contributed by atoms with van der Waals surface area (Å²) < 4.78 is 11.3. The van der Waals surface area contributed by atoms with E-state index in [1.165, 1.54) is 0 Å². The van der Waals surface area contributed by atoms with E-state index < -0.39 is 0 Å². The van der Waals surface area contributed by atoms with Crippen molar-refractivity contribution in [2.45, 2.75) is 31.4 Å². The Balaban J connectivity index is 1.56. The molecule has 0 bridgehead atoms. The van der Waals surface area contributed by atoms with Gasteiger partial charge in [0.2, 0.25) is 5.91 Å². The molecule has 2 aliphatic heterocycles. The quantitative estimate of drug-likeness (QED) is 0.788. The SMILES string of the molecule is CO[C@@H]1C[C@@H](COc2cccnc2)N(CC(=O)N2CCCC2)C1. The predicted molar refractivity (Wildman–Crippen MR) is 86.3 cm³/mol. The smallest absolute Gasteiger partial charge is 0.236 e. The lowest BCUT2D eigenvalue weighted by molar-refractivity contribution is -0.131. The molecule has 3 rings (SSSR count). The van der Waals surface area contributed by atoms with Gasteiger partial charge in [0.05, 0.1) is 18.8 Å². The van der Waals surface area contributed by atoms with Gasteiger partial charge in [-0.15, -0.1) is 0 Å². The molecule has 126 valence electrons. The summed E-state index contributed by atoms with van der Waals surface area (Å²) in [6, 6.07) is 3.96. The Morgan fingerprint density at radius 3 is 2.91 bits per heavy atom. The van der Waals surface area contributed by atoms with Gasteiger partial charge in [-0.05, 0) is 31.4 Å². The van der Waals surface area contributed by atoms with Gasteiger partial charge in [0.1, 0.15) is 12.4 Å². The van der Waals surface area contributed by atoms with Crippen LogP contribution in [0.25, 0.3) is 0 Å². The van der Waals surface area contributed by atoms with Gasteiger partial charge in [-0.25, -0.2) is 0 Å². The molecule has 0 spiro atoms. The third-order valence-electron chi connectivity index (χ3n) is 4.70. The average Bonchev–Trinajstić information content (AvgIpc) is 3.24. The molecule has 1 aromatic heterocycles. The molecule has 6 heteroatoms. The molecule has 23 heavy (non-hydrogen) atoms. The summed E-state index contributed by atoms with van der Waals surface area (Å²) in [6.07, 6.45) is 6.75. The summed E-state index contributed by atoms with van der Waals surface area (Å²) in [6.45, 7) is 3.60. The van der Waals surface area contributed by atoms with Crippen molar-refractivity contribution in [3.63, 3.8) is 0 Å². The minimum absolute atomic E-state index is 0.170. The maximum Gasteiger partial charge on any atom is 0.236 e. The molecule has 6 nitrogen and oxygen atoms in total. The number of ether oxygens (including phenoxy) is 2. The predicted octanol–water partition coefficient (Wildman–Crippen LogP) is 1.17. The number of methoxy groups -OCH3 is 1. The van der Waals surface area contributed by atoms with Gasteiger partial charge < -0.3 is 14.4 Å². The van der Waals surface area contributed by atoms with Crippen molar-refractivity contribution in [2.75, 3.05) is 39.9 Å². The van der Waals surface area contributed by atoms with E-state index in [4.69, 9.17) is 9.47 Å². The number of aromatic nitrogens is 1. The van der Waals surface area contributed by atoms with Gasteiger partial charge in [-0.1, -0.05) is 0 Å². The third-order valence-corrected chi connectivity index (χ3v) is 4.70. The molecule has 0 saturated carbocycles. The lowest BCUT2D eigenvalue weighted by Crippen LogP contribution is -2.43. The Bertz CT molecular complexity index is 505. The van der Waals surface area contributed by atoms with Gasteiger partial charge in [-0.2, -0.15) is 0 Å². The van der Waals surface area contributed by atoms with Crippen molar-refractivity contribution < 1.29 is 14.3 Å². The summed E-state index contributed by atoms with van der Waals surface area (Å²) in [5.74, 6) is 0.991. The van der Waals surface area contributed by atoms with Crippen LogP contribution in [0.4, 0.5) is 0 Å².